The van der Waals surface area contributed by atoms with Crippen LogP contribution in [0.1, 0.15) is 178 Å². The largest absolute Gasteiger partial charge is 0.508 e. The molecular formula is C90H138N34O20. The number of nitrogens with zero attached hydrogens (tertiary/aromatic N) is 1. The maximum atomic E-state index is 15.1. The lowest BCUT2D eigenvalue weighted by Gasteiger charge is -2.36. The molecule has 4 aromatic rings. The number of unbranched alkanes of at least 4 members (excludes halogenated alkanes) is 2. The van der Waals surface area contributed by atoms with Gasteiger partial charge in [0.15, 0.2) is 41.4 Å². The van der Waals surface area contributed by atoms with Crippen LogP contribution < -0.4 is 152 Å². The first-order valence-corrected chi connectivity index (χ1v) is 46.9. The average molecular weight is 2020 g/mol. The highest BCUT2D eigenvalue weighted by Crippen LogP contribution is 2.57. The number of rotatable bonds is 63. The van der Waals surface area contributed by atoms with Crippen molar-refractivity contribution >= 4 is 124 Å². The van der Waals surface area contributed by atoms with Gasteiger partial charge < -0.3 is 177 Å². The molecule has 0 saturated carbocycles. The smallest absolute Gasteiger partial charge is 0.340 e. The Bertz CT molecular complexity index is 5150. The summed E-state index contributed by atoms with van der Waals surface area (Å²) < 4.78 is 12.2. The summed E-state index contributed by atoms with van der Waals surface area (Å²) >= 11 is 0. The van der Waals surface area contributed by atoms with Crippen molar-refractivity contribution in [2.24, 2.45) is 51.6 Å². The van der Waals surface area contributed by atoms with Crippen LogP contribution in [-0.4, -0.2) is 285 Å². The maximum absolute atomic E-state index is 15.1. The molecule has 144 heavy (non-hydrogen) atoms. The molecule has 0 fully saturated rings. The van der Waals surface area contributed by atoms with E-state index >= 15 is 9.59 Å². The van der Waals surface area contributed by atoms with E-state index in [-0.39, 0.29) is 225 Å². The molecular weight excluding hydrogens is 1880 g/mol. The van der Waals surface area contributed by atoms with Gasteiger partial charge >= 0.3 is 5.97 Å². The number of phenols is 3. The first-order chi connectivity index (χ1) is 68.4. The second-order valence-electron chi connectivity index (χ2n) is 34.3. The van der Waals surface area contributed by atoms with E-state index in [2.05, 4.69) is 95.7 Å². The van der Waals surface area contributed by atoms with Gasteiger partial charge in [-0.1, -0.05) is 12.1 Å². The number of primary amides is 2. The fourth-order valence-corrected chi connectivity index (χ4v) is 15.3. The molecule has 6 rings (SSSR count). The Kier molecular flexibility index (Phi) is 47.9. The van der Waals surface area contributed by atoms with Gasteiger partial charge in [-0.15, -0.1) is 0 Å². The van der Waals surface area contributed by atoms with Crippen molar-refractivity contribution in [2.45, 2.75) is 207 Å². The van der Waals surface area contributed by atoms with Crippen LogP contribution >= 0.6 is 0 Å². The fraction of sp³-hybridized carbons (Fsp3) is 0.500. The van der Waals surface area contributed by atoms with Gasteiger partial charge in [-0.25, -0.2) is 4.79 Å². The summed E-state index contributed by atoms with van der Waals surface area (Å²) in [7, 11) is 3.18. The number of carbonyl (C=O) groups excluding carboxylic acids is 15. The van der Waals surface area contributed by atoms with Crippen molar-refractivity contribution in [2.75, 3.05) is 79.5 Å². The molecule has 2 aliphatic heterocycles. The Morgan fingerprint density at radius 2 is 0.701 bits per heavy atom. The van der Waals surface area contributed by atoms with Gasteiger partial charge in [0.1, 0.15) is 89.2 Å². The molecule has 0 bridgehead atoms. The molecule has 45 N–H and O–H groups in total. The number of amides is 14. The lowest BCUT2D eigenvalue weighted by molar-refractivity contribution is -0.136. The molecule has 10 atom stereocenters. The quantitative estimate of drug-likeness (QED) is 0.00845. The minimum absolute atomic E-state index is 0.0109. The number of benzene rings is 4. The molecule has 0 aromatic heterocycles. The highest BCUT2D eigenvalue weighted by Gasteiger charge is 2.54. The van der Waals surface area contributed by atoms with Crippen molar-refractivity contribution in [3.05, 3.63) is 112 Å². The maximum Gasteiger partial charge on any atom is 0.340 e. The normalized spacial score (nSPS) is 13.8. The fourth-order valence-electron chi connectivity index (χ4n) is 15.3. The summed E-state index contributed by atoms with van der Waals surface area (Å²) in [4.78, 5) is 215. The second kappa shape index (κ2) is 59.3. The average Bonchev–Trinajstić information content (AvgIpc) is 1.53. The third-order valence-corrected chi connectivity index (χ3v) is 22.8. The Morgan fingerprint density at radius 1 is 0.354 bits per heavy atom. The predicted molar refractivity (Wildman–Crippen MR) is 527 cm³/mol. The van der Waals surface area contributed by atoms with Gasteiger partial charge in [0.25, 0.3) is 5.91 Å². The molecule has 1 spiro atoms. The van der Waals surface area contributed by atoms with Crippen LogP contribution in [0, 0.1) is 32.5 Å². The van der Waals surface area contributed by atoms with E-state index < -0.39 is 204 Å². The number of guanidine groups is 6. The van der Waals surface area contributed by atoms with Gasteiger partial charge in [-0.2, -0.15) is 0 Å². The zero-order valence-electron chi connectivity index (χ0n) is 80.3. The number of hydrogen-bond acceptors (Lipinski definition) is 28. The second-order valence-corrected chi connectivity index (χ2v) is 34.3. The van der Waals surface area contributed by atoms with Crippen molar-refractivity contribution in [3.63, 3.8) is 0 Å². The summed E-state index contributed by atoms with van der Waals surface area (Å²) in [5.74, 6) is -16.5. The number of ether oxygens (including phenoxy) is 2. The van der Waals surface area contributed by atoms with E-state index in [1.165, 1.54) is 83.8 Å². The van der Waals surface area contributed by atoms with Gasteiger partial charge in [0, 0.05) is 114 Å². The van der Waals surface area contributed by atoms with Crippen LogP contribution in [0.15, 0.2) is 78.9 Å². The molecule has 4 aromatic carbocycles. The third kappa shape index (κ3) is 39.0. The van der Waals surface area contributed by atoms with E-state index in [1.807, 2.05) is 0 Å². The summed E-state index contributed by atoms with van der Waals surface area (Å²) in [6.07, 6.45) is -2.00. The summed E-state index contributed by atoms with van der Waals surface area (Å²) in [6.45, 7) is -0.886. The molecule has 788 valence electrons. The number of aromatic hydroxyl groups is 3. The highest BCUT2D eigenvalue weighted by molar-refractivity contribution is 6.03. The van der Waals surface area contributed by atoms with Gasteiger partial charge in [0.05, 0.1) is 12.1 Å². The Balaban J connectivity index is 1.22. The molecule has 0 aliphatic carbocycles. The first kappa shape index (κ1) is 116. The number of fused-ring (bicyclic) bond motifs is 6. The Labute approximate surface area is 830 Å². The lowest BCUT2D eigenvalue weighted by atomic mass is 9.77. The standard InChI is InChI=1S/C90H138N34O20/c1-124(2)89(105)112-41-12-20-64(80(139)119-61(17-9-38-109-86(99)100)76(135)116-57(72(94)131)15-7-36-107-84(95)96)122-82(141)65(31-32-69(93)128)123-81(140)63(19-11-40-111-88(103)104)121-79(138)62(18-10-39-110-87(101)102)120-78(137)60(14-4-6-35-92)118-77(136)59(13-3-5-34-91)117-75(134)58(16-8-37-108-85(97)98)114-71(130)47-113-74(133)66(43-48-21-24-50(125)25-22-48)115-70(129)33-42-106-73(132)49-23-28-53-56(44-49)90(144-83(53)142)54-29-26-51(126)45-67(54)143-68-46-52(127)27-30-55(68)90/h21-30,44-46,57-66,125-127H,3-20,31-43,47,91-92H2,1-2H3,(H2,93,128)(H2,94,131)(H2,105,112)(H,106,132)(H,113,133)(H,114,130)(H,115,129)(H,116,135)(H,117,134)(H,118,136)(H,119,139)(H,120,137)(H,121,138)(H,122,141)(H,123,140)(H4,95,96,107)(H4,97,98,108)(H4,99,100,109)(H4,101,102,110)(H4,103,104,111)/t57-,58-,59-,60-,61-,62-,63-,64-,65-,66-/m0/s1. The number of nitrogens with two attached hydrogens (primary N) is 9. The number of hydrogen-bond donors (Lipinski definition) is 36. The molecule has 54 nitrogen and oxygen atoms in total. The number of phenolic OH excluding ortho intramolecular Hbond substituents is 3. The van der Waals surface area contributed by atoms with Crippen LogP contribution in [0.5, 0.6) is 28.7 Å². The zero-order valence-corrected chi connectivity index (χ0v) is 80.3. The molecule has 0 radical (unpaired) electrons. The molecule has 14 amide bonds. The van der Waals surface area contributed by atoms with Crippen LogP contribution in [0.2, 0.25) is 0 Å². The van der Waals surface area contributed by atoms with Crippen molar-refractivity contribution in [1.29, 1.82) is 32.5 Å². The number of carbonyl (C=O) groups is 15. The van der Waals surface area contributed by atoms with Crippen LogP contribution in [0.4, 0.5) is 0 Å². The first-order valence-electron chi connectivity index (χ1n) is 46.9. The molecule has 54 heteroatoms. The van der Waals surface area contributed by atoms with Crippen molar-refractivity contribution in [3.8, 4) is 28.7 Å². The zero-order chi connectivity index (χ0) is 106. The molecule has 0 saturated heterocycles. The van der Waals surface area contributed by atoms with Crippen LogP contribution in [-0.2, 0) is 79.1 Å². The monoisotopic (exact) mass is 2020 g/mol. The number of esters is 1. The van der Waals surface area contributed by atoms with Crippen molar-refractivity contribution < 1.29 is 96.7 Å². The Hall–Kier alpha value is -16.3. The van der Waals surface area contributed by atoms with E-state index in [9.17, 15) is 77.6 Å². The Morgan fingerprint density at radius 3 is 1.07 bits per heavy atom. The van der Waals surface area contributed by atoms with Crippen LogP contribution in [0.3, 0.4) is 0 Å². The van der Waals surface area contributed by atoms with Gasteiger partial charge in [-0.05, 0) is 195 Å². The SMILES string of the molecule is CN(C)C(=N)NCCC[C@H](NC(=O)[C@H](CCC(N)=O)NC(=O)[C@H](CCCNC(=N)N)NC(=O)[C@H](CCCNC(=N)N)NC(=O)[C@H](CCCCN)NC(=O)[C@H](CCCCN)NC(=O)[C@H](CCCNC(=N)N)NC(=O)CNC(=O)[C@H](Cc1ccc(O)cc1)NC(=O)CCNC(=O)c1ccc2c(c1)C1(OC2=O)c2ccc(O)cc2Oc2cc(O)ccc21)C(=O)N[C@@H](CCCNC(=N)N)C(=O)N[C@@H](CCCNC(=N)N)C(N)=O. The summed E-state index contributed by atoms with van der Waals surface area (Å²) in [6, 6.07) is 2.71. The van der Waals surface area contributed by atoms with E-state index in [4.69, 9.17) is 93.5 Å². The molecule has 0 unspecified atom stereocenters. The van der Waals surface area contributed by atoms with E-state index in [0.29, 0.717) is 29.5 Å². The summed E-state index contributed by atoms with van der Waals surface area (Å²) in [5.41, 5.74) is 50.5. The highest BCUT2D eigenvalue weighted by atomic mass is 16.6. The number of nitrogens with one attached hydrogen (secondary N) is 24. The predicted octanol–water partition coefficient (Wildman–Crippen LogP) is -7.11. The molecule has 2 heterocycles. The minimum Gasteiger partial charge on any atom is -0.508 e. The van der Waals surface area contributed by atoms with Gasteiger partial charge in [0.2, 0.25) is 76.8 Å². The topological polar surface area (TPSA) is 932 Å². The van der Waals surface area contributed by atoms with E-state index in [1.54, 1.807) is 14.1 Å². The molecule has 2 aliphatic rings. The van der Waals surface area contributed by atoms with Gasteiger partial charge in [-0.3, -0.25) is 99.6 Å². The summed E-state index contributed by atoms with van der Waals surface area (Å²) in [5, 5.41) is 125. The van der Waals surface area contributed by atoms with Crippen LogP contribution in [0.25, 0.3) is 0 Å². The third-order valence-electron chi connectivity index (χ3n) is 22.8. The van der Waals surface area contributed by atoms with E-state index in [0.717, 1.165) is 0 Å². The minimum atomic E-state index is -1.76. The van der Waals surface area contributed by atoms with Crippen molar-refractivity contribution in [1.82, 2.24) is 101 Å². The lowest BCUT2D eigenvalue weighted by Crippen LogP contribution is -2.60.